The summed E-state index contributed by atoms with van der Waals surface area (Å²) in [5.74, 6) is -0.881. The van der Waals surface area contributed by atoms with Crippen molar-refractivity contribution < 1.29 is 18.8 Å². The third kappa shape index (κ3) is 3.15. The van der Waals surface area contributed by atoms with Crippen molar-refractivity contribution in [3.63, 3.8) is 0 Å². The van der Waals surface area contributed by atoms with E-state index in [-0.39, 0.29) is 30.7 Å². The quantitative estimate of drug-likeness (QED) is 0.785. The Bertz CT molecular complexity index is 714. The van der Waals surface area contributed by atoms with Crippen LogP contribution < -0.4 is 0 Å². The number of urea groups is 1. The first kappa shape index (κ1) is 16.2. The number of carbonyl (C=O) groups excluding carboxylic acids is 3. The van der Waals surface area contributed by atoms with E-state index in [0.717, 1.165) is 16.0 Å². The van der Waals surface area contributed by atoms with Gasteiger partial charge in [0.2, 0.25) is 5.91 Å². The van der Waals surface area contributed by atoms with Crippen LogP contribution in [0.1, 0.15) is 12.0 Å². The average Bonchev–Trinajstić information content (AvgIpc) is 2.82. The second-order valence-electron chi connectivity index (χ2n) is 5.94. The van der Waals surface area contributed by atoms with Crippen molar-refractivity contribution in [1.29, 1.82) is 0 Å². The van der Waals surface area contributed by atoms with Crippen LogP contribution in [-0.2, 0) is 9.59 Å². The summed E-state index contributed by atoms with van der Waals surface area (Å²) in [5.41, 5.74) is 2.00. The molecule has 0 radical (unpaired) electrons. The number of carbonyl (C=O) groups is 3. The minimum Gasteiger partial charge on any atom is -0.337 e. The lowest BCUT2D eigenvalue weighted by atomic mass is 9.99. The van der Waals surface area contributed by atoms with Crippen molar-refractivity contribution >= 4 is 23.4 Å². The number of halogens is 1. The van der Waals surface area contributed by atoms with Crippen molar-refractivity contribution in [3.8, 4) is 0 Å². The van der Waals surface area contributed by atoms with Crippen LogP contribution in [0.5, 0.6) is 0 Å². The normalized spacial score (nSPS) is 18.2. The number of benzene rings is 1. The zero-order chi connectivity index (χ0) is 17.3. The van der Waals surface area contributed by atoms with Gasteiger partial charge in [0.15, 0.2) is 0 Å². The highest BCUT2D eigenvalue weighted by molar-refractivity contribution is 6.04. The molecule has 1 fully saturated rings. The second kappa shape index (κ2) is 6.43. The fourth-order valence-corrected chi connectivity index (χ4v) is 2.88. The molecule has 126 valence electrons. The molecule has 2 aliphatic rings. The molecule has 0 aliphatic carbocycles. The molecule has 0 unspecified atom stereocenters. The fourth-order valence-electron chi connectivity index (χ4n) is 2.88. The summed E-state index contributed by atoms with van der Waals surface area (Å²) >= 11 is 0. The number of likely N-dealkylation sites (N-methyl/N-ethyl adjacent to an activating group) is 1. The van der Waals surface area contributed by atoms with Gasteiger partial charge in [-0.2, -0.15) is 0 Å². The van der Waals surface area contributed by atoms with E-state index >= 15 is 0 Å². The largest absolute Gasteiger partial charge is 0.337 e. The van der Waals surface area contributed by atoms with Crippen molar-refractivity contribution in [2.75, 3.05) is 33.2 Å². The summed E-state index contributed by atoms with van der Waals surface area (Å²) in [4.78, 5) is 39.8. The van der Waals surface area contributed by atoms with E-state index in [4.69, 9.17) is 0 Å². The van der Waals surface area contributed by atoms with E-state index in [2.05, 4.69) is 0 Å². The van der Waals surface area contributed by atoms with E-state index in [1.165, 1.54) is 24.1 Å². The van der Waals surface area contributed by atoms with Crippen LogP contribution >= 0.6 is 0 Å². The van der Waals surface area contributed by atoms with Gasteiger partial charge in [-0.05, 0) is 29.7 Å². The van der Waals surface area contributed by atoms with Gasteiger partial charge in [0.05, 0.1) is 0 Å². The van der Waals surface area contributed by atoms with E-state index in [0.29, 0.717) is 19.5 Å². The first-order valence-electron chi connectivity index (χ1n) is 7.74. The topological polar surface area (TPSA) is 60.9 Å². The number of hydrogen-bond acceptors (Lipinski definition) is 3. The van der Waals surface area contributed by atoms with Crippen molar-refractivity contribution in [2.45, 2.75) is 6.42 Å². The van der Waals surface area contributed by atoms with Gasteiger partial charge in [-0.25, -0.2) is 9.18 Å². The van der Waals surface area contributed by atoms with Gasteiger partial charge in [-0.15, -0.1) is 0 Å². The van der Waals surface area contributed by atoms with Gasteiger partial charge in [0, 0.05) is 20.1 Å². The highest BCUT2D eigenvalue weighted by atomic mass is 19.1. The molecule has 0 spiro atoms. The Hall–Kier alpha value is -2.70. The fraction of sp³-hybridized carbons (Fsp3) is 0.353. The lowest BCUT2D eigenvalue weighted by molar-refractivity contribution is -0.136. The maximum Gasteiger partial charge on any atom is 0.327 e. The van der Waals surface area contributed by atoms with Crippen LogP contribution in [0.2, 0.25) is 0 Å². The van der Waals surface area contributed by atoms with Gasteiger partial charge in [0.25, 0.3) is 5.91 Å². The summed E-state index contributed by atoms with van der Waals surface area (Å²) in [7, 11) is 1.53. The van der Waals surface area contributed by atoms with Crippen molar-refractivity contribution in [1.82, 2.24) is 14.7 Å². The third-order valence-electron chi connectivity index (χ3n) is 4.30. The Morgan fingerprint density at radius 2 is 1.92 bits per heavy atom. The molecule has 1 aromatic carbocycles. The van der Waals surface area contributed by atoms with E-state index < -0.39 is 6.03 Å². The SMILES string of the molecule is CN1CC(=O)N(CC(=O)N2CC=C(c3ccc(F)cc3)CC2)C1=O. The first-order valence-corrected chi connectivity index (χ1v) is 7.74. The molecular formula is C17H18FN3O3. The van der Waals surface area contributed by atoms with Gasteiger partial charge in [-0.3, -0.25) is 14.5 Å². The standard InChI is InChI=1S/C17H18FN3O3/c1-19-10-16(23)21(17(19)24)11-15(22)20-8-6-13(7-9-20)12-2-4-14(18)5-3-12/h2-6H,7-11H2,1H3. The summed E-state index contributed by atoms with van der Waals surface area (Å²) < 4.78 is 13.0. The van der Waals surface area contributed by atoms with Crippen LogP contribution in [0.15, 0.2) is 30.3 Å². The van der Waals surface area contributed by atoms with Crippen LogP contribution in [0, 0.1) is 5.82 Å². The number of nitrogens with zero attached hydrogens (tertiary/aromatic N) is 3. The Labute approximate surface area is 139 Å². The molecule has 1 aromatic rings. The molecule has 6 nitrogen and oxygen atoms in total. The Morgan fingerprint density at radius 1 is 1.21 bits per heavy atom. The molecule has 4 amide bonds. The monoisotopic (exact) mass is 331 g/mol. The smallest absolute Gasteiger partial charge is 0.327 e. The Kier molecular flexibility index (Phi) is 4.33. The van der Waals surface area contributed by atoms with Gasteiger partial charge >= 0.3 is 6.03 Å². The number of amides is 4. The molecule has 0 aromatic heterocycles. The predicted molar refractivity (Wildman–Crippen MR) is 85.3 cm³/mol. The zero-order valence-electron chi connectivity index (χ0n) is 13.4. The summed E-state index contributed by atoms with van der Waals surface area (Å²) in [6.45, 7) is 0.716. The highest BCUT2D eigenvalue weighted by Gasteiger charge is 2.35. The lowest BCUT2D eigenvalue weighted by Gasteiger charge is -2.28. The Morgan fingerprint density at radius 3 is 2.46 bits per heavy atom. The van der Waals surface area contributed by atoms with E-state index in [9.17, 15) is 18.8 Å². The van der Waals surface area contributed by atoms with Gasteiger partial charge in [-0.1, -0.05) is 18.2 Å². The van der Waals surface area contributed by atoms with Crippen LogP contribution in [-0.4, -0.2) is 65.8 Å². The minimum absolute atomic E-state index is 0.0146. The second-order valence-corrected chi connectivity index (χ2v) is 5.94. The average molecular weight is 331 g/mol. The van der Waals surface area contributed by atoms with E-state index in [1.54, 1.807) is 17.0 Å². The molecule has 24 heavy (non-hydrogen) atoms. The molecule has 1 saturated heterocycles. The maximum absolute atomic E-state index is 13.0. The summed E-state index contributed by atoms with van der Waals surface area (Å²) in [6, 6.07) is 5.82. The van der Waals surface area contributed by atoms with Crippen LogP contribution in [0.4, 0.5) is 9.18 Å². The highest BCUT2D eigenvalue weighted by Crippen LogP contribution is 2.22. The maximum atomic E-state index is 13.0. The van der Waals surface area contributed by atoms with Gasteiger partial charge in [0.1, 0.15) is 18.9 Å². The van der Waals surface area contributed by atoms with Crippen LogP contribution in [0.25, 0.3) is 5.57 Å². The van der Waals surface area contributed by atoms with Crippen molar-refractivity contribution in [3.05, 3.63) is 41.7 Å². The zero-order valence-corrected chi connectivity index (χ0v) is 13.4. The van der Waals surface area contributed by atoms with E-state index in [1.807, 2.05) is 6.08 Å². The van der Waals surface area contributed by atoms with Crippen molar-refractivity contribution in [2.24, 2.45) is 0 Å². The molecule has 0 atom stereocenters. The van der Waals surface area contributed by atoms with Gasteiger partial charge < -0.3 is 9.80 Å². The molecule has 0 bridgehead atoms. The number of hydrogen-bond donors (Lipinski definition) is 0. The molecule has 2 aliphatic heterocycles. The number of rotatable bonds is 3. The summed E-state index contributed by atoms with van der Waals surface area (Å²) in [6.07, 6.45) is 2.58. The van der Waals surface area contributed by atoms with Crippen LogP contribution in [0.3, 0.4) is 0 Å². The number of imide groups is 1. The predicted octanol–water partition coefficient (Wildman–Crippen LogP) is 1.34. The summed E-state index contributed by atoms with van der Waals surface area (Å²) in [5, 5.41) is 0. The molecule has 7 heteroatoms. The molecule has 2 heterocycles. The molecule has 0 N–H and O–H groups in total. The molecule has 3 rings (SSSR count). The lowest BCUT2D eigenvalue weighted by Crippen LogP contribution is -2.44. The third-order valence-corrected chi connectivity index (χ3v) is 4.30. The minimum atomic E-state index is -0.437. The Balaban J connectivity index is 1.61. The molecule has 0 saturated carbocycles. The first-order chi connectivity index (χ1) is 11.5. The molecular weight excluding hydrogens is 313 g/mol.